The molecule has 0 unspecified atom stereocenters. The number of carbonyl (C=O) groups is 3. The fourth-order valence-corrected chi connectivity index (χ4v) is 5.11. The monoisotopic (exact) mass is 426 g/mol. The highest BCUT2D eigenvalue weighted by molar-refractivity contribution is 8.00. The Morgan fingerprint density at radius 3 is 2.00 bits per heavy atom. The molecule has 158 valence electrons. The van der Waals surface area contributed by atoms with Gasteiger partial charge < -0.3 is 15.7 Å². The summed E-state index contributed by atoms with van der Waals surface area (Å²) in [5, 5.41) is 15.1. The lowest BCUT2D eigenvalue weighted by molar-refractivity contribution is -0.137. The molecule has 0 aromatic heterocycles. The molecular weight excluding hydrogens is 400 g/mol. The number of carboxylic acid groups (broad SMARTS) is 1. The molecule has 7 heteroatoms. The van der Waals surface area contributed by atoms with E-state index in [9.17, 15) is 14.4 Å². The van der Waals surface area contributed by atoms with E-state index in [1.165, 1.54) is 0 Å². The zero-order chi connectivity index (χ0) is 21.3. The van der Waals surface area contributed by atoms with Crippen molar-refractivity contribution >= 4 is 29.5 Å². The maximum atomic E-state index is 12.8. The second-order valence-electron chi connectivity index (χ2n) is 7.32. The van der Waals surface area contributed by atoms with Gasteiger partial charge >= 0.3 is 5.97 Å². The number of unbranched alkanes of at least 4 members (excludes halogenated alkanes) is 1. The Morgan fingerprint density at radius 2 is 1.43 bits per heavy atom. The molecule has 3 N–H and O–H groups in total. The third-order valence-corrected chi connectivity index (χ3v) is 6.65. The Morgan fingerprint density at radius 1 is 0.867 bits per heavy atom. The fourth-order valence-electron chi connectivity index (χ4n) is 3.57. The first-order chi connectivity index (χ1) is 14.5. The fraction of sp³-hybridized carbons (Fsp3) is 0.348. The van der Waals surface area contributed by atoms with Crippen molar-refractivity contribution in [1.82, 2.24) is 10.6 Å². The van der Waals surface area contributed by atoms with E-state index < -0.39 is 5.97 Å². The summed E-state index contributed by atoms with van der Waals surface area (Å²) in [6.07, 6.45) is 2.30. The van der Waals surface area contributed by atoms with Crippen molar-refractivity contribution in [2.45, 2.75) is 43.0 Å². The SMILES string of the molecule is O=C(O)CCCC[C@H]1SC[C@@H](NC(=O)c2ccccc2)[C@H]1NC(=O)c1ccccc1. The lowest BCUT2D eigenvalue weighted by atomic mass is 10.00. The Balaban J connectivity index is 1.67. The van der Waals surface area contributed by atoms with Gasteiger partial charge in [0.25, 0.3) is 11.8 Å². The average Bonchev–Trinajstić information content (AvgIpc) is 3.13. The summed E-state index contributed by atoms with van der Waals surface area (Å²) >= 11 is 1.71. The van der Waals surface area contributed by atoms with Crippen LogP contribution in [0.5, 0.6) is 0 Å². The number of hydrogen-bond acceptors (Lipinski definition) is 4. The van der Waals surface area contributed by atoms with E-state index >= 15 is 0 Å². The summed E-state index contributed by atoms with van der Waals surface area (Å²) in [5.74, 6) is -0.428. The summed E-state index contributed by atoms with van der Waals surface area (Å²) < 4.78 is 0. The molecule has 3 rings (SSSR count). The van der Waals surface area contributed by atoms with E-state index in [2.05, 4.69) is 10.6 Å². The summed E-state index contributed by atoms with van der Waals surface area (Å²) in [4.78, 5) is 36.2. The van der Waals surface area contributed by atoms with Crippen molar-refractivity contribution in [3.05, 3.63) is 71.8 Å². The average molecular weight is 427 g/mol. The minimum Gasteiger partial charge on any atom is -0.481 e. The molecular formula is C23H26N2O4S. The molecule has 1 fully saturated rings. The Kier molecular flexibility index (Phi) is 7.90. The topological polar surface area (TPSA) is 95.5 Å². The van der Waals surface area contributed by atoms with Gasteiger partial charge in [-0.1, -0.05) is 42.8 Å². The molecule has 1 saturated heterocycles. The quantitative estimate of drug-likeness (QED) is 0.535. The predicted octanol–water partition coefficient (Wildman–Crippen LogP) is 3.34. The molecule has 1 aliphatic rings. The first-order valence-corrected chi connectivity index (χ1v) is 11.1. The largest absolute Gasteiger partial charge is 0.481 e. The zero-order valence-electron chi connectivity index (χ0n) is 16.6. The lowest BCUT2D eigenvalue weighted by Crippen LogP contribution is -2.53. The van der Waals surface area contributed by atoms with Gasteiger partial charge in [0.1, 0.15) is 0 Å². The van der Waals surface area contributed by atoms with Crippen molar-refractivity contribution in [3.63, 3.8) is 0 Å². The minimum atomic E-state index is -0.795. The normalized spacial score (nSPS) is 20.5. The van der Waals surface area contributed by atoms with Gasteiger partial charge in [-0.05, 0) is 37.1 Å². The van der Waals surface area contributed by atoms with Crippen LogP contribution in [0.4, 0.5) is 0 Å². The summed E-state index contributed by atoms with van der Waals surface area (Å²) in [6.45, 7) is 0. The van der Waals surface area contributed by atoms with Crippen LogP contribution in [0, 0.1) is 0 Å². The summed E-state index contributed by atoms with van der Waals surface area (Å²) in [5.41, 5.74) is 1.16. The number of carboxylic acids is 1. The summed E-state index contributed by atoms with van der Waals surface area (Å²) in [6, 6.07) is 17.6. The van der Waals surface area contributed by atoms with Gasteiger partial charge in [-0.15, -0.1) is 0 Å². The molecule has 0 radical (unpaired) electrons. The maximum Gasteiger partial charge on any atom is 0.303 e. The van der Waals surface area contributed by atoms with E-state index in [1.54, 1.807) is 36.0 Å². The van der Waals surface area contributed by atoms with E-state index in [0.717, 1.165) is 12.8 Å². The second-order valence-corrected chi connectivity index (χ2v) is 8.59. The first-order valence-electron chi connectivity index (χ1n) is 10.1. The van der Waals surface area contributed by atoms with Gasteiger partial charge in [-0.3, -0.25) is 14.4 Å². The highest BCUT2D eigenvalue weighted by Gasteiger charge is 2.38. The van der Waals surface area contributed by atoms with Crippen molar-refractivity contribution in [2.75, 3.05) is 5.75 Å². The molecule has 6 nitrogen and oxygen atoms in total. The molecule has 2 amide bonds. The van der Waals surface area contributed by atoms with E-state index in [-0.39, 0.29) is 35.6 Å². The van der Waals surface area contributed by atoms with Gasteiger partial charge in [-0.2, -0.15) is 11.8 Å². The number of rotatable bonds is 9. The third-order valence-electron chi connectivity index (χ3n) is 5.14. The van der Waals surface area contributed by atoms with Crippen LogP contribution in [-0.2, 0) is 4.79 Å². The minimum absolute atomic E-state index is 0.118. The van der Waals surface area contributed by atoms with Crippen LogP contribution >= 0.6 is 11.8 Å². The molecule has 0 aliphatic carbocycles. The number of amides is 2. The number of carbonyl (C=O) groups excluding carboxylic acids is 2. The summed E-state index contributed by atoms with van der Waals surface area (Å²) in [7, 11) is 0. The smallest absolute Gasteiger partial charge is 0.303 e. The van der Waals surface area contributed by atoms with Gasteiger partial charge in [0.15, 0.2) is 0 Å². The molecule has 0 saturated carbocycles. The second kappa shape index (κ2) is 10.8. The third kappa shape index (κ3) is 6.10. The molecule has 2 aromatic rings. The number of benzene rings is 2. The van der Waals surface area contributed by atoms with Crippen molar-refractivity contribution < 1.29 is 19.5 Å². The highest BCUT2D eigenvalue weighted by atomic mass is 32.2. The van der Waals surface area contributed by atoms with Crippen molar-refractivity contribution in [3.8, 4) is 0 Å². The van der Waals surface area contributed by atoms with Crippen LogP contribution in [-0.4, -0.2) is 46.0 Å². The highest BCUT2D eigenvalue weighted by Crippen LogP contribution is 2.32. The predicted molar refractivity (Wildman–Crippen MR) is 118 cm³/mol. The Labute approximate surface area is 180 Å². The molecule has 3 atom stereocenters. The van der Waals surface area contributed by atoms with Gasteiger partial charge in [0.05, 0.1) is 12.1 Å². The lowest BCUT2D eigenvalue weighted by Gasteiger charge is -2.26. The van der Waals surface area contributed by atoms with Crippen LogP contribution in [0.2, 0.25) is 0 Å². The van der Waals surface area contributed by atoms with Crippen LogP contribution in [0.1, 0.15) is 46.4 Å². The maximum absolute atomic E-state index is 12.8. The van der Waals surface area contributed by atoms with E-state index in [0.29, 0.717) is 23.3 Å². The number of hydrogen-bond donors (Lipinski definition) is 3. The Hall–Kier alpha value is -2.80. The van der Waals surface area contributed by atoms with Gasteiger partial charge in [-0.25, -0.2) is 0 Å². The Bertz CT molecular complexity index is 860. The van der Waals surface area contributed by atoms with Crippen LogP contribution in [0.3, 0.4) is 0 Å². The van der Waals surface area contributed by atoms with Gasteiger partial charge in [0.2, 0.25) is 0 Å². The van der Waals surface area contributed by atoms with Crippen molar-refractivity contribution in [1.29, 1.82) is 0 Å². The number of nitrogens with one attached hydrogen (secondary N) is 2. The van der Waals surface area contributed by atoms with Crippen LogP contribution in [0.25, 0.3) is 0 Å². The van der Waals surface area contributed by atoms with Crippen LogP contribution < -0.4 is 10.6 Å². The number of thioether (sulfide) groups is 1. The standard InChI is InChI=1S/C23H26N2O4S/c26-20(27)14-8-7-13-19-21(25-23(29)17-11-5-2-6-12-17)18(15-30-19)24-22(28)16-9-3-1-4-10-16/h1-6,9-12,18-19,21H,7-8,13-15H2,(H,24,28)(H,25,29)(H,26,27)/t18-,19-,21-/m1/s1. The van der Waals surface area contributed by atoms with Crippen LogP contribution in [0.15, 0.2) is 60.7 Å². The number of aliphatic carboxylic acids is 1. The molecule has 1 aliphatic heterocycles. The van der Waals surface area contributed by atoms with E-state index in [1.807, 2.05) is 36.4 Å². The van der Waals surface area contributed by atoms with Gasteiger partial charge in [0, 0.05) is 28.6 Å². The molecule has 0 spiro atoms. The molecule has 30 heavy (non-hydrogen) atoms. The van der Waals surface area contributed by atoms with E-state index in [4.69, 9.17) is 5.11 Å². The first kappa shape index (κ1) is 21.9. The molecule has 2 aromatic carbocycles. The molecule has 0 bridgehead atoms. The zero-order valence-corrected chi connectivity index (χ0v) is 17.4. The van der Waals surface area contributed by atoms with Crippen molar-refractivity contribution in [2.24, 2.45) is 0 Å². The molecule has 1 heterocycles.